The molecule has 37 heavy (non-hydrogen) atoms. The third kappa shape index (κ3) is 8.55. The third-order valence-electron chi connectivity index (χ3n) is 7.00. The van der Waals surface area contributed by atoms with Crippen molar-refractivity contribution in [2.45, 2.75) is 90.7 Å². The quantitative estimate of drug-likeness (QED) is 0.281. The van der Waals surface area contributed by atoms with Crippen LogP contribution in [0.25, 0.3) is 11.3 Å². The number of carboxylic acid groups (broad SMARTS) is 1. The second-order valence-electron chi connectivity index (χ2n) is 10.1. The number of hydrogen-bond acceptors (Lipinski definition) is 7. The van der Waals surface area contributed by atoms with E-state index in [0.717, 1.165) is 61.2 Å². The van der Waals surface area contributed by atoms with E-state index >= 15 is 0 Å². The van der Waals surface area contributed by atoms with Crippen LogP contribution in [0.2, 0.25) is 0 Å². The van der Waals surface area contributed by atoms with E-state index < -0.39 is 5.97 Å². The van der Waals surface area contributed by atoms with Gasteiger partial charge in [0, 0.05) is 30.8 Å². The summed E-state index contributed by atoms with van der Waals surface area (Å²) >= 11 is 0. The molecule has 3 atom stereocenters. The zero-order valence-electron chi connectivity index (χ0n) is 22.7. The highest BCUT2D eigenvalue weighted by atomic mass is 16.5. The normalized spacial score (nSPS) is 18.4. The Balaban J connectivity index is 1.57. The van der Waals surface area contributed by atoms with Gasteiger partial charge in [0.1, 0.15) is 5.75 Å². The summed E-state index contributed by atoms with van der Waals surface area (Å²) in [6, 6.07) is 3.88. The van der Waals surface area contributed by atoms with E-state index in [2.05, 4.69) is 17.3 Å². The number of aromatic nitrogens is 3. The summed E-state index contributed by atoms with van der Waals surface area (Å²) in [4.78, 5) is 28.2. The van der Waals surface area contributed by atoms with Gasteiger partial charge in [0.25, 0.3) is 0 Å². The molecule has 0 saturated heterocycles. The highest BCUT2D eigenvalue weighted by molar-refractivity contribution is 5.71. The van der Waals surface area contributed by atoms with Gasteiger partial charge in [-0.1, -0.05) is 26.2 Å². The molecule has 2 heterocycles. The molecule has 2 aromatic rings. The van der Waals surface area contributed by atoms with Gasteiger partial charge in [-0.2, -0.15) is 5.10 Å². The van der Waals surface area contributed by atoms with E-state index in [1.165, 1.54) is 0 Å². The van der Waals surface area contributed by atoms with Crippen LogP contribution in [-0.2, 0) is 27.8 Å². The molecule has 0 radical (unpaired) electrons. The number of nitrogens with one attached hydrogen (secondary N) is 1. The second-order valence-corrected chi connectivity index (χ2v) is 10.1. The van der Waals surface area contributed by atoms with Crippen molar-refractivity contribution in [2.24, 2.45) is 13.0 Å². The summed E-state index contributed by atoms with van der Waals surface area (Å²) in [7, 11) is 1.91. The molecular formula is C28H42N4O5. The molecule has 0 amide bonds. The Morgan fingerprint density at radius 1 is 1.24 bits per heavy atom. The van der Waals surface area contributed by atoms with Gasteiger partial charge in [-0.25, -0.2) is 4.98 Å². The van der Waals surface area contributed by atoms with Crippen molar-refractivity contribution in [3.8, 4) is 17.0 Å². The molecule has 204 valence electrons. The Bertz CT molecular complexity index is 1040. The fourth-order valence-corrected chi connectivity index (χ4v) is 4.78. The minimum absolute atomic E-state index is 0.0407. The van der Waals surface area contributed by atoms with Gasteiger partial charge in [0.2, 0.25) is 0 Å². The maximum Gasteiger partial charge on any atom is 0.319 e. The molecule has 0 aromatic carbocycles. The maximum atomic E-state index is 12.0. The van der Waals surface area contributed by atoms with Crippen LogP contribution in [0.4, 0.5) is 0 Å². The monoisotopic (exact) mass is 514 g/mol. The lowest BCUT2D eigenvalue weighted by Gasteiger charge is -2.27. The van der Waals surface area contributed by atoms with Crippen LogP contribution in [0.1, 0.15) is 76.6 Å². The first kappa shape index (κ1) is 28.6. The number of carbonyl (C=O) groups excluding carboxylic acids is 1. The zero-order valence-corrected chi connectivity index (χ0v) is 22.7. The first-order valence-electron chi connectivity index (χ1n) is 13.6. The number of aryl methyl sites for hydroxylation is 2. The van der Waals surface area contributed by atoms with E-state index in [-0.39, 0.29) is 30.6 Å². The third-order valence-corrected chi connectivity index (χ3v) is 7.00. The van der Waals surface area contributed by atoms with Gasteiger partial charge in [-0.3, -0.25) is 14.3 Å². The highest BCUT2D eigenvalue weighted by Crippen LogP contribution is 2.31. The average Bonchev–Trinajstić information content (AvgIpc) is 3.23. The first-order chi connectivity index (χ1) is 17.8. The van der Waals surface area contributed by atoms with Crippen molar-refractivity contribution in [3.05, 3.63) is 29.7 Å². The van der Waals surface area contributed by atoms with Crippen molar-refractivity contribution >= 4 is 11.9 Å². The topological polar surface area (TPSA) is 116 Å². The van der Waals surface area contributed by atoms with E-state index in [9.17, 15) is 14.7 Å². The molecule has 0 aliphatic heterocycles. The number of aliphatic carboxylic acids is 1. The standard InChI is InChI=1S/C28H42N4O5/c1-5-6-7-8-14-36-27(33)18-29-19(2)15-25-23(17-30-32(25)4)24-12-13-26(20(3)31-24)37-22-11-9-10-21(16-22)28(34)35/h12-13,17,19,21-22,29H,5-11,14-16,18H2,1-4H3,(H,34,35). The molecule has 1 aliphatic carbocycles. The predicted octanol–water partition coefficient (Wildman–Crippen LogP) is 4.46. The van der Waals surface area contributed by atoms with Crippen molar-refractivity contribution in [3.63, 3.8) is 0 Å². The lowest BCUT2D eigenvalue weighted by Crippen LogP contribution is -2.34. The largest absolute Gasteiger partial charge is 0.489 e. The zero-order chi connectivity index (χ0) is 26.8. The van der Waals surface area contributed by atoms with Gasteiger partial charge < -0.3 is 19.9 Å². The number of carboxylic acids is 1. The van der Waals surface area contributed by atoms with E-state index in [4.69, 9.17) is 14.5 Å². The van der Waals surface area contributed by atoms with E-state index in [0.29, 0.717) is 31.6 Å². The van der Waals surface area contributed by atoms with Crippen LogP contribution < -0.4 is 10.1 Å². The molecule has 9 heteroatoms. The molecule has 1 aliphatic rings. The van der Waals surface area contributed by atoms with Crippen molar-refractivity contribution in [1.29, 1.82) is 0 Å². The fraction of sp³-hybridized carbons (Fsp3) is 0.643. The predicted molar refractivity (Wildman–Crippen MR) is 141 cm³/mol. The summed E-state index contributed by atoms with van der Waals surface area (Å²) in [6.07, 6.45) is 9.65. The minimum Gasteiger partial charge on any atom is -0.489 e. The van der Waals surface area contributed by atoms with Crippen molar-refractivity contribution < 1.29 is 24.2 Å². The summed E-state index contributed by atoms with van der Waals surface area (Å²) in [5.74, 6) is -0.624. The second kappa shape index (κ2) is 14.1. The molecular weight excluding hydrogens is 472 g/mol. The summed E-state index contributed by atoms with van der Waals surface area (Å²) < 4.78 is 13.3. The molecule has 0 bridgehead atoms. The number of rotatable bonds is 14. The van der Waals surface area contributed by atoms with Crippen molar-refractivity contribution in [2.75, 3.05) is 13.2 Å². The Morgan fingerprint density at radius 3 is 2.78 bits per heavy atom. The van der Waals surface area contributed by atoms with Crippen LogP contribution >= 0.6 is 0 Å². The number of ether oxygens (including phenoxy) is 2. The maximum absolute atomic E-state index is 12.0. The summed E-state index contributed by atoms with van der Waals surface area (Å²) in [5, 5.41) is 17.1. The molecule has 2 aromatic heterocycles. The number of pyridine rings is 1. The van der Waals surface area contributed by atoms with Crippen molar-refractivity contribution in [1.82, 2.24) is 20.1 Å². The number of carbonyl (C=O) groups is 2. The van der Waals surface area contributed by atoms with Crippen LogP contribution in [0, 0.1) is 12.8 Å². The minimum atomic E-state index is -0.745. The smallest absolute Gasteiger partial charge is 0.319 e. The summed E-state index contributed by atoms with van der Waals surface area (Å²) in [6.45, 7) is 6.75. The van der Waals surface area contributed by atoms with Crippen LogP contribution in [0.15, 0.2) is 18.3 Å². The van der Waals surface area contributed by atoms with Gasteiger partial charge in [0.15, 0.2) is 0 Å². The molecule has 3 rings (SSSR count). The number of nitrogens with zero attached hydrogens (tertiary/aromatic N) is 3. The number of unbranched alkanes of at least 4 members (excludes halogenated alkanes) is 3. The van der Waals surface area contributed by atoms with E-state index in [1.54, 1.807) is 0 Å². The Morgan fingerprint density at radius 2 is 2.05 bits per heavy atom. The highest BCUT2D eigenvalue weighted by Gasteiger charge is 2.28. The molecule has 1 saturated carbocycles. The molecule has 9 nitrogen and oxygen atoms in total. The van der Waals surface area contributed by atoms with Crippen LogP contribution in [0.3, 0.4) is 0 Å². The Kier molecular flexibility index (Phi) is 10.9. The van der Waals surface area contributed by atoms with Gasteiger partial charge in [0.05, 0.1) is 42.8 Å². The molecule has 1 fully saturated rings. The molecule has 3 unspecified atom stereocenters. The lowest BCUT2D eigenvalue weighted by molar-refractivity contribution is -0.144. The van der Waals surface area contributed by atoms with E-state index in [1.807, 2.05) is 43.9 Å². The fourth-order valence-electron chi connectivity index (χ4n) is 4.78. The Labute approximate surface area is 220 Å². The number of hydrogen-bond donors (Lipinski definition) is 2. The average molecular weight is 515 g/mol. The van der Waals surface area contributed by atoms with Crippen LogP contribution in [0.5, 0.6) is 5.75 Å². The lowest BCUT2D eigenvalue weighted by atomic mass is 9.87. The van der Waals surface area contributed by atoms with Gasteiger partial charge >= 0.3 is 11.9 Å². The summed E-state index contributed by atoms with van der Waals surface area (Å²) in [5.41, 5.74) is 3.52. The SMILES string of the molecule is CCCCCCOC(=O)CNC(C)Cc1c(-c2ccc(OC3CCCC(C(=O)O)C3)c(C)n2)cnn1C. The van der Waals surface area contributed by atoms with Crippen LogP contribution in [-0.4, -0.2) is 57.1 Å². The first-order valence-corrected chi connectivity index (χ1v) is 13.6. The van der Waals surface area contributed by atoms with Gasteiger partial charge in [-0.15, -0.1) is 0 Å². The number of esters is 1. The van der Waals surface area contributed by atoms with Gasteiger partial charge in [-0.05, 0) is 58.1 Å². The molecule has 0 spiro atoms. The molecule has 2 N–H and O–H groups in total. The Hall–Kier alpha value is -2.94.